The van der Waals surface area contributed by atoms with Crippen LogP contribution >= 0.6 is 11.3 Å². The van der Waals surface area contributed by atoms with Crippen LogP contribution in [0.25, 0.3) is 10.2 Å². The number of carbonyl (C=O) groups excluding carboxylic acids is 1. The molecule has 0 aliphatic heterocycles. The van der Waals surface area contributed by atoms with Gasteiger partial charge in [0.2, 0.25) is 5.91 Å². The van der Waals surface area contributed by atoms with Gasteiger partial charge in [-0.1, -0.05) is 36.4 Å². The molecule has 1 aliphatic rings. The molecule has 0 saturated heterocycles. The van der Waals surface area contributed by atoms with Crippen LogP contribution in [0.15, 0.2) is 54.6 Å². The maximum Gasteiger partial charge on any atom is 0.221 e. The van der Waals surface area contributed by atoms with Gasteiger partial charge in [0.25, 0.3) is 0 Å². The fraction of sp³-hybridized carbons (Fsp3) is 0.240. The fourth-order valence-corrected chi connectivity index (χ4v) is 5.44. The minimum absolute atomic E-state index is 0.0846. The molecule has 0 unspecified atom stereocenters. The van der Waals surface area contributed by atoms with E-state index >= 15 is 0 Å². The predicted molar refractivity (Wildman–Crippen MR) is 127 cm³/mol. The Morgan fingerprint density at radius 2 is 1.81 bits per heavy atom. The SMILES string of the molecule is CC(=O)Nc1cccc(Nc2nc(Cc3ccccc3)nc3sc4c(c23)CCCC4)c1. The summed E-state index contributed by atoms with van der Waals surface area (Å²) in [5, 5.41) is 7.53. The van der Waals surface area contributed by atoms with Crippen molar-refractivity contribution in [1.82, 2.24) is 9.97 Å². The van der Waals surface area contributed by atoms with Crippen molar-refractivity contribution in [2.45, 2.75) is 39.0 Å². The van der Waals surface area contributed by atoms with E-state index in [2.05, 4.69) is 22.8 Å². The highest BCUT2D eigenvalue weighted by atomic mass is 32.1. The van der Waals surface area contributed by atoms with E-state index in [1.807, 2.05) is 53.8 Å². The maximum absolute atomic E-state index is 11.5. The lowest BCUT2D eigenvalue weighted by Gasteiger charge is -2.14. The van der Waals surface area contributed by atoms with Crippen molar-refractivity contribution < 1.29 is 4.79 Å². The first-order chi connectivity index (χ1) is 15.2. The quantitative estimate of drug-likeness (QED) is 0.418. The highest BCUT2D eigenvalue weighted by Gasteiger charge is 2.21. The van der Waals surface area contributed by atoms with Gasteiger partial charge < -0.3 is 10.6 Å². The van der Waals surface area contributed by atoms with E-state index in [0.717, 1.165) is 46.1 Å². The van der Waals surface area contributed by atoms with Crippen LogP contribution in [0.3, 0.4) is 0 Å². The Hall–Kier alpha value is -3.25. The molecule has 0 spiro atoms. The number of fused-ring (bicyclic) bond motifs is 3. The normalized spacial score (nSPS) is 13.1. The Morgan fingerprint density at radius 3 is 2.65 bits per heavy atom. The van der Waals surface area contributed by atoms with Crippen LogP contribution in [-0.4, -0.2) is 15.9 Å². The molecular formula is C25H24N4OS. The third kappa shape index (κ3) is 4.30. The summed E-state index contributed by atoms with van der Waals surface area (Å²) in [5.74, 6) is 1.59. The lowest BCUT2D eigenvalue weighted by Crippen LogP contribution is -2.06. The second-order valence-corrected chi connectivity index (χ2v) is 9.01. The van der Waals surface area contributed by atoms with Gasteiger partial charge in [0, 0.05) is 29.6 Å². The van der Waals surface area contributed by atoms with Gasteiger partial charge in [0.15, 0.2) is 0 Å². The summed E-state index contributed by atoms with van der Waals surface area (Å²) < 4.78 is 0. The molecule has 0 atom stereocenters. The molecule has 4 aromatic rings. The second-order valence-electron chi connectivity index (χ2n) is 7.93. The zero-order valence-electron chi connectivity index (χ0n) is 17.4. The number of thiophene rings is 1. The van der Waals surface area contributed by atoms with Crippen LogP contribution < -0.4 is 10.6 Å². The average Bonchev–Trinajstić information content (AvgIpc) is 3.13. The van der Waals surface area contributed by atoms with Crippen molar-refractivity contribution >= 4 is 44.7 Å². The lowest BCUT2D eigenvalue weighted by atomic mass is 9.97. The second kappa shape index (κ2) is 8.47. The van der Waals surface area contributed by atoms with Crippen molar-refractivity contribution in [3.63, 3.8) is 0 Å². The molecular weight excluding hydrogens is 404 g/mol. The van der Waals surface area contributed by atoms with Crippen LogP contribution in [0.2, 0.25) is 0 Å². The van der Waals surface area contributed by atoms with Crippen LogP contribution in [0.5, 0.6) is 0 Å². The number of aryl methyl sites for hydroxylation is 2. The number of aromatic nitrogens is 2. The van der Waals surface area contributed by atoms with Crippen molar-refractivity contribution in [2.24, 2.45) is 0 Å². The zero-order chi connectivity index (χ0) is 21.2. The number of hydrogen-bond acceptors (Lipinski definition) is 5. The molecule has 0 radical (unpaired) electrons. The van der Waals surface area contributed by atoms with E-state index in [-0.39, 0.29) is 5.91 Å². The molecule has 0 bridgehead atoms. The van der Waals surface area contributed by atoms with Gasteiger partial charge in [-0.2, -0.15) is 0 Å². The molecule has 31 heavy (non-hydrogen) atoms. The Balaban J connectivity index is 1.57. The van der Waals surface area contributed by atoms with Crippen LogP contribution in [0, 0.1) is 0 Å². The zero-order valence-corrected chi connectivity index (χ0v) is 18.3. The minimum Gasteiger partial charge on any atom is -0.340 e. The smallest absolute Gasteiger partial charge is 0.221 e. The maximum atomic E-state index is 11.5. The van der Waals surface area contributed by atoms with Gasteiger partial charge in [-0.25, -0.2) is 9.97 Å². The van der Waals surface area contributed by atoms with Gasteiger partial charge in [-0.05, 0) is 55.0 Å². The lowest BCUT2D eigenvalue weighted by molar-refractivity contribution is -0.114. The molecule has 2 aromatic heterocycles. The van der Waals surface area contributed by atoms with E-state index in [1.54, 1.807) is 0 Å². The summed E-state index contributed by atoms with van der Waals surface area (Å²) in [6.07, 6.45) is 5.35. The molecule has 2 N–H and O–H groups in total. The number of benzene rings is 2. The van der Waals surface area contributed by atoms with E-state index in [1.165, 1.54) is 35.8 Å². The molecule has 2 aromatic carbocycles. The van der Waals surface area contributed by atoms with Crippen LogP contribution in [-0.2, 0) is 24.1 Å². The monoisotopic (exact) mass is 428 g/mol. The summed E-state index contributed by atoms with van der Waals surface area (Å²) in [6, 6.07) is 18.1. The highest BCUT2D eigenvalue weighted by molar-refractivity contribution is 7.19. The average molecular weight is 429 g/mol. The third-order valence-corrected chi connectivity index (χ3v) is 6.70. The molecule has 6 heteroatoms. The summed E-state index contributed by atoms with van der Waals surface area (Å²) in [6.45, 7) is 1.52. The molecule has 5 rings (SSSR count). The number of hydrogen-bond donors (Lipinski definition) is 2. The summed E-state index contributed by atoms with van der Waals surface area (Å²) in [7, 11) is 0. The fourth-order valence-electron chi connectivity index (χ4n) is 4.16. The Morgan fingerprint density at radius 1 is 1.00 bits per heavy atom. The van der Waals surface area contributed by atoms with E-state index < -0.39 is 0 Å². The number of rotatable bonds is 5. The number of nitrogens with one attached hydrogen (secondary N) is 2. The Kier molecular flexibility index (Phi) is 5.38. The van der Waals surface area contributed by atoms with Gasteiger partial charge >= 0.3 is 0 Å². The minimum atomic E-state index is -0.0846. The molecule has 1 aliphatic carbocycles. The summed E-state index contributed by atoms with van der Waals surface area (Å²) >= 11 is 1.81. The first-order valence-electron chi connectivity index (χ1n) is 10.7. The van der Waals surface area contributed by atoms with E-state index in [4.69, 9.17) is 9.97 Å². The van der Waals surface area contributed by atoms with Crippen molar-refractivity contribution in [3.8, 4) is 0 Å². The molecule has 156 valence electrons. The number of carbonyl (C=O) groups is 1. The topological polar surface area (TPSA) is 66.9 Å². The predicted octanol–water partition coefficient (Wildman–Crippen LogP) is 5.86. The van der Waals surface area contributed by atoms with Crippen molar-refractivity contribution in [2.75, 3.05) is 10.6 Å². The Labute approximate surface area is 185 Å². The molecule has 1 amide bonds. The molecule has 2 heterocycles. The van der Waals surface area contributed by atoms with Gasteiger partial charge in [-0.3, -0.25) is 4.79 Å². The largest absolute Gasteiger partial charge is 0.340 e. The van der Waals surface area contributed by atoms with Gasteiger partial charge in [0.1, 0.15) is 16.5 Å². The number of amides is 1. The molecule has 0 saturated carbocycles. The summed E-state index contributed by atoms with van der Waals surface area (Å²) in [5.41, 5.74) is 4.26. The Bertz CT molecular complexity index is 1250. The molecule has 5 nitrogen and oxygen atoms in total. The van der Waals surface area contributed by atoms with E-state index in [9.17, 15) is 4.79 Å². The number of nitrogens with zero attached hydrogens (tertiary/aromatic N) is 2. The van der Waals surface area contributed by atoms with Gasteiger partial charge in [-0.15, -0.1) is 11.3 Å². The standard InChI is InChI=1S/C25H24N4OS/c1-16(30)26-18-10-7-11-19(15-18)27-24-23-20-12-5-6-13-21(20)31-25(23)29-22(28-24)14-17-8-3-2-4-9-17/h2-4,7-11,15H,5-6,12-14H2,1H3,(H,26,30)(H,27,28,29). The van der Waals surface area contributed by atoms with Gasteiger partial charge in [0.05, 0.1) is 5.39 Å². The first kappa shape index (κ1) is 19.7. The first-order valence-corrected chi connectivity index (χ1v) is 11.5. The third-order valence-electron chi connectivity index (χ3n) is 5.51. The number of anilines is 3. The molecule has 0 fully saturated rings. The highest BCUT2D eigenvalue weighted by Crippen LogP contribution is 2.39. The van der Waals surface area contributed by atoms with E-state index in [0.29, 0.717) is 6.42 Å². The van der Waals surface area contributed by atoms with Crippen LogP contribution in [0.4, 0.5) is 17.2 Å². The van der Waals surface area contributed by atoms with Crippen molar-refractivity contribution in [1.29, 1.82) is 0 Å². The van der Waals surface area contributed by atoms with Crippen LogP contribution in [0.1, 0.15) is 41.6 Å². The van der Waals surface area contributed by atoms with Crippen molar-refractivity contribution in [3.05, 3.63) is 76.4 Å². The summed E-state index contributed by atoms with van der Waals surface area (Å²) in [4.78, 5) is 23.9.